The van der Waals surface area contributed by atoms with Crippen LogP contribution in [-0.2, 0) is 10.1 Å². The molecule has 0 bridgehead atoms. The molecule has 278 valence electrons. The van der Waals surface area contributed by atoms with Crippen LogP contribution >= 0.6 is 11.6 Å². The van der Waals surface area contributed by atoms with Crippen LogP contribution in [0.4, 0.5) is 17.1 Å². The lowest BCUT2D eigenvalue weighted by Gasteiger charge is -2.24. The number of nitrogens with one attached hydrogen (secondary N) is 2. The van der Waals surface area contributed by atoms with Crippen molar-refractivity contribution < 1.29 is 18.0 Å². The maximum Gasteiger partial charge on any atom is 0.210 e. The zero-order valence-corrected chi connectivity index (χ0v) is 35.0. The Balaban J connectivity index is 1.81. The first-order chi connectivity index (χ1) is 24.7. The summed E-state index contributed by atoms with van der Waals surface area (Å²) in [4.78, 5) is 3.45. The van der Waals surface area contributed by atoms with Gasteiger partial charge in [0, 0.05) is 44.7 Å². The number of anilines is 2. The summed E-state index contributed by atoms with van der Waals surface area (Å²) in [6, 6.07) is 13.6. The van der Waals surface area contributed by atoms with E-state index < -0.39 is 10.1 Å². The Morgan fingerprint density at radius 2 is 1.34 bits per heavy atom. The highest BCUT2D eigenvalue weighted by Gasteiger charge is 2.26. The molecule has 0 saturated heterocycles. The summed E-state index contributed by atoms with van der Waals surface area (Å²) in [6.45, 7) is 27.4. The van der Waals surface area contributed by atoms with Crippen molar-refractivity contribution in [2.24, 2.45) is 5.92 Å². The fourth-order valence-electron chi connectivity index (χ4n) is 7.38. The second-order valence-electron chi connectivity index (χ2n) is 15.4. The van der Waals surface area contributed by atoms with Crippen molar-refractivity contribution in [3.05, 3.63) is 144 Å². The van der Waals surface area contributed by atoms with Gasteiger partial charge in [0.1, 0.15) is 10.1 Å². The van der Waals surface area contributed by atoms with Gasteiger partial charge in [-0.1, -0.05) is 51.4 Å². The largest absolute Gasteiger partial charge is 0.744 e. The fourth-order valence-corrected chi connectivity index (χ4v) is 8.29. The van der Waals surface area contributed by atoms with E-state index in [9.17, 15) is 13.0 Å². The van der Waals surface area contributed by atoms with Crippen LogP contribution in [0.2, 0.25) is 5.02 Å². The van der Waals surface area contributed by atoms with Crippen LogP contribution in [0.25, 0.3) is 5.57 Å². The normalized spacial score (nSPS) is 15.1. The van der Waals surface area contributed by atoms with Gasteiger partial charge in [-0.05, 0) is 178 Å². The van der Waals surface area contributed by atoms with Gasteiger partial charge < -0.3 is 9.87 Å². The first-order valence-electron chi connectivity index (χ1n) is 18.3. The lowest BCUT2D eigenvalue weighted by atomic mass is 9.84. The maximum atomic E-state index is 12.9. The topological polar surface area (TPSA) is 83.2 Å². The van der Waals surface area contributed by atoms with Gasteiger partial charge in [0.15, 0.2) is 0 Å². The molecule has 0 spiro atoms. The lowest BCUT2D eigenvalue weighted by Crippen LogP contribution is -2.67. The Bertz CT molecular complexity index is 2390. The van der Waals surface area contributed by atoms with E-state index in [1.165, 1.54) is 39.4 Å². The molecule has 0 unspecified atom stereocenters. The summed E-state index contributed by atoms with van der Waals surface area (Å²) in [5, 5.41) is 4.13. The van der Waals surface area contributed by atoms with E-state index in [0.717, 1.165) is 56.2 Å². The van der Waals surface area contributed by atoms with Crippen molar-refractivity contribution in [1.29, 1.82) is 0 Å². The van der Waals surface area contributed by atoms with Crippen molar-refractivity contribution in [3.63, 3.8) is 0 Å². The number of hydrogen-bond acceptors (Lipinski definition) is 4. The molecular weight excluding hydrogens is 696 g/mol. The molecule has 1 aliphatic rings. The summed E-state index contributed by atoms with van der Waals surface area (Å²) < 4.78 is 38.8. The van der Waals surface area contributed by atoms with Crippen LogP contribution in [-0.4, -0.2) is 18.7 Å². The molecule has 0 atom stereocenters. The molecule has 0 fully saturated rings. The molecule has 0 aromatic heterocycles. The zero-order chi connectivity index (χ0) is 39.3. The highest BCUT2D eigenvalue weighted by Crippen LogP contribution is 2.41. The monoisotopic (exact) mass is 748 g/mol. The third-order valence-corrected chi connectivity index (χ3v) is 12.2. The third-order valence-electron chi connectivity index (χ3n) is 11.0. The van der Waals surface area contributed by atoms with E-state index in [2.05, 4.69) is 130 Å². The zero-order valence-electron chi connectivity index (χ0n) is 33.4. The first kappa shape index (κ1) is 40.0. The molecule has 0 aliphatic heterocycles. The molecule has 2 N–H and O–H groups in total. The number of halogens is 1. The summed E-state index contributed by atoms with van der Waals surface area (Å²) in [5.74, 6) is 0.245. The Morgan fingerprint density at radius 1 is 0.717 bits per heavy atom. The highest BCUT2D eigenvalue weighted by molar-refractivity contribution is 7.85. The minimum Gasteiger partial charge on any atom is -0.744 e. The molecule has 0 amide bonds. The molecule has 5 rings (SSSR count). The van der Waals surface area contributed by atoms with Gasteiger partial charge in [-0.3, -0.25) is 0 Å². The molecule has 0 saturated carbocycles. The Kier molecular flexibility index (Phi) is 11.5. The molecule has 4 aromatic carbocycles. The van der Waals surface area contributed by atoms with Crippen LogP contribution in [0, 0.1) is 68.2 Å². The minimum absolute atomic E-state index is 0.123. The quantitative estimate of drug-likeness (QED) is 0.176. The van der Waals surface area contributed by atoms with Gasteiger partial charge in [-0.15, -0.1) is 0 Å². The van der Waals surface area contributed by atoms with Gasteiger partial charge in [-0.2, -0.15) is 0 Å². The van der Waals surface area contributed by atoms with Crippen LogP contribution in [0.15, 0.2) is 76.7 Å². The van der Waals surface area contributed by atoms with Gasteiger partial charge in [-0.25, -0.2) is 13.4 Å². The average Bonchev–Trinajstić information content (AvgIpc) is 3.08. The molecule has 53 heavy (non-hydrogen) atoms. The van der Waals surface area contributed by atoms with Gasteiger partial charge in [0.25, 0.3) is 0 Å². The van der Waals surface area contributed by atoms with E-state index in [1.54, 1.807) is 13.0 Å². The number of benzene rings is 4. The predicted molar refractivity (Wildman–Crippen MR) is 222 cm³/mol. The summed E-state index contributed by atoms with van der Waals surface area (Å²) >= 11 is 6.73. The van der Waals surface area contributed by atoms with Crippen LogP contribution in [0.3, 0.4) is 0 Å². The van der Waals surface area contributed by atoms with Crippen molar-refractivity contribution >= 4 is 50.1 Å². The molecule has 7 heteroatoms. The Labute approximate surface area is 322 Å². The van der Waals surface area contributed by atoms with Crippen molar-refractivity contribution in [2.75, 3.05) is 5.32 Å². The van der Waals surface area contributed by atoms with Crippen molar-refractivity contribution in [2.45, 2.75) is 101 Å². The number of aryl methyl sites for hydroxylation is 5. The van der Waals surface area contributed by atoms with Gasteiger partial charge in [0.2, 0.25) is 11.4 Å². The summed E-state index contributed by atoms with van der Waals surface area (Å²) in [7, 11) is -4.87. The number of allylic oxidation sites excluding steroid dienone is 5. The molecule has 4 aromatic rings. The first-order valence-corrected chi connectivity index (χ1v) is 20.1. The molecule has 0 radical (unpaired) electrons. The van der Waals surface area contributed by atoms with E-state index in [1.807, 2.05) is 12.1 Å². The van der Waals surface area contributed by atoms with E-state index in [0.29, 0.717) is 16.2 Å². The maximum absolute atomic E-state index is 12.9. The van der Waals surface area contributed by atoms with Crippen LogP contribution in [0.1, 0.15) is 100 Å². The lowest BCUT2D eigenvalue weighted by molar-refractivity contribution is -0.353. The van der Waals surface area contributed by atoms with Crippen molar-refractivity contribution in [3.8, 4) is 0 Å². The Morgan fingerprint density at radius 3 is 1.94 bits per heavy atom. The second kappa shape index (κ2) is 15.3. The van der Waals surface area contributed by atoms with E-state index >= 15 is 0 Å². The molecular formula is C46H53ClN2O3S. The Hall–Kier alpha value is -4.23. The molecule has 0 heterocycles. The van der Waals surface area contributed by atoms with Crippen LogP contribution in [0.5, 0.6) is 0 Å². The SMILES string of the molecule is Cc1cc(S(=O)(=O)[O-])c(C(=C2C=CC(=[NH+]c3c(C)cc(C)c(C)c3C)C(C(C)C)=C2)c2ccc(Nc3c(C)cc(C)c(C)c3C)c(C(C)C)c2)cc1Cl. The van der Waals surface area contributed by atoms with Gasteiger partial charge in [0.05, 0.1) is 4.90 Å². The molecule has 5 nitrogen and oxygen atoms in total. The average molecular weight is 749 g/mol. The van der Waals surface area contributed by atoms with E-state index in [-0.39, 0.29) is 22.3 Å². The second-order valence-corrected chi connectivity index (χ2v) is 17.1. The smallest absolute Gasteiger partial charge is 0.210 e. The standard InChI is InChI=1S/C46H53ClN2O3S/c1-24(2)37-21-35(14-16-41(37)48-45-29(8)18-26(5)31(10)33(45)12)44(39-23-40(47)28(7)20-43(39)53(50,51)52)36-15-17-42(38(22-36)25(3)4)49-46-30(9)19-27(6)32(11)34(46)13/h14-25,48H,1-13H3,(H,50,51,52). The third kappa shape index (κ3) is 8.01. The highest BCUT2D eigenvalue weighted by atomic mass is 35.5. The minimum atomic E-state index is -4.87. The van der Waals surface area contributed by atoms with Gasteiger partial charge >= 0.3 is 0 Å². The van der Waals surface area contributed by atoms with Crippen LogP contribution < -0.4 is 10.3 Å². The number of hydrogen-bond donors (Lipinski definition) is 2. The number of rotatable bonds is 8. The fraction of sp³-hybridized carbons (Fsp3) is 0.326. The van der Waals surface area contributed by atoms with Crippen molar-refractivity contribution in [1.82, 2.24) is 0 Å². The van der Waals surface area contributed by atoms with E-state index in [4.69, 9.17) is 11.6 Å². The summed E-state index contributed by atoms with van der Waals surface area (Å²) in [6.07, 6.45) is 6.18. The predicted octanol–water partition coefficient (Wildman–Crippen LogP) is 10.7. The molecule has 1 aliphatic carbocycles. The summed E-state index contributed by atoms with van der Waals surface area (Å²) in [5.41, 5.74) is 19.0.